The largest absolute Gasteiger partial charge is 0.376 e. The van der Waals surface area contributed by atoms with Crippen molar-refractivity contribution in [2.45, 2.75) is 83.8 Å². The normalized spacial score (nSPS) is 19.6. The van der Waals surface area contributed by atoms with Crippen LogP contribution in [-0.4, -0.2) is 74.8 Å². The molecule has 0 aromatic heterocycles. The van der Waals surface area contributed by atoms with Gasteiger partial charge in [0.15, 0.2) is 5.96 Å². The monoisotopic (exact) mass is 537 g/mol. The molecule has 1 saturated carbocycles. The summed E-state index contributed by atoms with van der Waals surface area (Å²) in [5.41, 5.74) is 0. The van der Waals surface area contributed by atoms with Crippen LogP contribution in [0.1, 0.15) is 71.6 Å². The van der Waals surface area contributed by atoms with Crippen molar-refractivity contribution >= 4 is 35.8 Å². The van der Waals surface area contributed by atoms with Gasteiger partial charge < -0.3 is 20.7 Å². The molecule has 8 heteroatoms. The van der Waals surface area contributed by atoms with Gasteiger partial charge in [0.05, 0.1) is 25.8 Å². The number of nitrogens with one attached hydrogen (secondary N) is 3. The van der Waals surface area contributed by atoms with E-state index in [1.807, 2.05) is 0 Å². The zero-order valence-corrected chi connectivity index (χ0v) is 21.4. The fraction of sp³-hybridized carbons (Fsp3) is 0.909. The van der Waals surface area contributed by atoms with E-state index in [2.05, 4.69) is 34.7 Å². The predicted molar refractivity (Wildman–Crippen MR) is 135 cm³/mol. The van der Waals surface area contributed by atoms with Gasteiger partial charge in [0.25, 0.3) is 0 Å². The summed E-state index contributed by atoms with van der Waals surface area (Å²) in [5, 5.41) is 9.88. The number of carbonyl (C=O) groups excluding carboxylic acids is 1. The highest BCUT2D eigenvalue weighted by molar-refractivity contribution is 14.0. The third-order valence-electron chi connectivity index (χ3n) is 5.73. The third kappa shape index (κ3) is 11.7. The highest BCUT2D eigenvalue weighted by Crippen LogP contribution is 2.19. The number of hydrogen-bond acceptors (Lipinski definition) is 4. The quantitative estimate of drug-likeness (QED) is 0.131. The lowest BCUT2D eigenvalue weighted by molar-refractivity contribution is -0.122. The minimum atomic E-state index is 0. The Bertz CT molecular complexity index is 476. The van der Waals surface area contributed by atoms with E-state index in [1.165, 1.54) is 38.5 Å². The molecule has 0 atom stereocenters. The van der Waals surface area contributed by atoms with Gasteiger partial charge in [-0.2, -0.15) is 0 Å². The SMILES string of the molecule is CCCNC(=O)CN1CCC(NC(=NCCOC2CCCCCC2)NCC)CC1.I. The maximum absolute atomic E-state index is 11.9. The Morgan fingerprint density at radius 3 is 2.37 bits per heavy atom. The van der Waals surface area contributed by atoms with E-state index in [-0.39, 0.29) is 29.9 Å². The predicted octanol–water partition coefficient (Wildman–Crippen LogP) is 2.89. The first-order valence-electron chi connectivity index (χ1n) is 11.9. The molecule has 1 aliphatic carbocycles. The first-order valence-corrected chi connectivity index (χ1v) is 11.9. The van der Waals surface area contributed by atoms with Gasteiger partial charge in [-0.25, -0.2) is 0 Å². The Hall–Kier alpha value is -0.610. The van der Waals surface area contributed by atoms with Crippen LogP contribution in [0, 0.1) is 0 Å². The number of aliphatic imine (C=N–C) groups is 1. The number of nitrogens with zero attached hydrogens (tertiary/aromatic N) is 2. The molecule has 2 rings (SSSR count). The number of likely N-dealkylation sites (tertiary alicyclic amines) is 1. The summed E-state index contributed by atoms with van der Waals surface area (Å²) < 4.78 is 6.05. The van der Waals surface area contributed by atoms with Crippen LogP contribution in [0.25, 0.3) is 0 Å². The summed E-state index contributed by atoms with van der Waals surface area (Å²) in [7, 11) is 0. The molecule has 1 aliphatic heterocycles. The number of hydrogen-bond donors (Lipinski definition) is 3. The Kier molecular flexibility index (Phi) is 15.5. The Morgan fingerprint density at radius 2 is 1.73 bits per heavy atom. The molecule has 2 fully saturated rings. The lowest BCUT2D eigenvalue weighted by Crippen LogP contribution is -2.50. The van der Waals surface area contributed by atoms with Crippen LogP contribution in [0.3, 0.4) is 0 Å². The molecule has 0 aromatic rings. The average Bonchev–Trinajstić information content (AvgIpc) is 3.00. The van der Waals surface area contributed by atoms with Gasteiger partial charge >= 0.3 is 0 Å². The van der Waals surface area contributed by atoms with Crippen molar-refractivity contribution in [3.8, 4) is 0 Å². The molecule has 30 heavy (non-hydrogen) atoms. The average molecular weight is 538 g/mol. The molecule has 7 nitrogen and oxygen atoms in total. The second kappa shape index (κ2) is 17.0. The first kappa shape index (κ1) is 27.4. The summed E-state index contributed by atoms with van der Waals surface area (Å²) in [6.07, 6.45) is 11.2. The molecule has 0 unspecified atom stereocenters. The van der Waals surface area contributed by atoms with E-state index >= 15 is 0 Å². The van der Waals surface area contributed by atoms with Gasteiger partial charge in [-0.15, -0.1) is 24.0 Å². The van der Waals surface area contributed by atoms with Crippen LogP contribution in [0.15, 0.2) is 4.99 Å². The number of carbonyl (C=O) groups is 1. The van der Waals surface area contributed by atoms with Crippen molar-refractivity contribution in [2.75, 3.05) is 45.9 Å². The molecule has 176 valence electrons. The first-order chi connectivity index (χ1) is 14.2. The van der Waals surface area contributed by atoms with Crippen molar-refractivity contribution in [2.24, 2.45) is 4.99 Å². The van der Waals surface area contributed by atoms with Crippen LogP contribution in [-0.2, 0) is 9.53 Å². The van der Waals surface area contributed by atoms with E-state index in [0.717, 1.165) is 51.4 Å². The molecular formula is C22H44IN5O2. The van der Waals surface area contributed by atoms with Crippen LogP contribution in [0.2, 0.25) is 0 Å². The molecule has 0 radical (unpaired) electrons. The number of rotatable bonds is 10. The van der Waals surface area contributed by atoms with Crippen molar-refractivity contribution in [3.63, 3.8) is 0 Å². The summed E-state index contributed by atoms with van der Waals surface area (Å²) in [6, 6.07) is 0.408. The summed E-state index contributed by atoms with van der Waals surface area (Å²) in [6.45, 7) is 9.59. The van der Waals surface area contributed by atoms with Gasteiger partial charge in [0.1, 0.15) is 0 Å². The summed E-state index contributed by atoms with van der Waals surface area (Å²) in [5.74, 6) is 1.03. The van der Waals surface area contributed by atoms with Gasteiger partial charge in [0, 0.05) is 32.2 Å². The van der Waals surface area contributed by atoms with E-state index in [9.17, 15) is 4.79 Å². The summed E-state index contributed by atoms with van der Waals surface area (Å²) in [4.78, 5) is 18.8. The highest BCUT2D eigenvalue weighted by atomic mass is 127. The number of guanidine groups is 1. The second-order valence-electron chi connectivity index (χ2n) is 8.29. The van der Waals surface area contributed by atoms with Crippen molar-refractivity contribution < 1.29 is 9.53 Å². The zero-order chi connectivity index (χ0) is 20.7. The lowest BCUT2D eigenvalue weighted by atomic mass is 10.1. The zero-order valence-electron chi connectivity index (χ0n) is 19.1. The van der Waals surface area contributed by atoms with Gasteiger partial charge in [-0.3, -0.25) is 14.7 Å². The number of halogens is 1. The number of piperidine rings is 1. The molecular weight excluding hydrogens is 493 g/mol. The molecule has 1 amide bonds. The van der Waals surface area contributed by atoms with Gasteiger partial charge in [0.2, 0.25) is 5.91 Å². The number of ether oxygens (including phenoxy) is 1. The van der Waals surface area contributed by atoms with E-state index in [4.69, 9.17) is 9.73 Å². The Labute approximate surface area is 200 Å². The minimum absolute atomic E-state index is 0. The Morgan fingerprint density at radius 1 is 1.03 bits per heavy atom. The summed E-state index contributed by atoms with van der Waals surface area (Å²) >= 11 is 0. The highest BCUT2D eigenvalue weighted by Gasteiger charge is 2.21. The van der Waals surface area contributed by atoms with Gasteiger partial charge in [-0.1, -0.05) is 32.6 Å². The van der Waals surface area contributed by atoms with Crippen LogP contribution < -0.4 is 16.0 Å². The maximum atomic E-state index is 11.9. The topological polar surface area (TPSA) is 78.0 Å². The second-order valence-corrected chi connectivity index (χ2v) is 8.29. The maximum Gasteiger partial charge on any atom is 0.234 e. The fourth-order valence-corrected chi connectivity index (χ4v) is 4.06. The smallest absolute Gasteiger partial charge is 0.234 e. The van der Waals surface area contributed by atoms with E-state index < -0.39 is 0 Å². The van der Waals surface area contributed by atoms with Crippen molar-refractivity contribution in [3.05, 3.63) is 0 Å². The molecule has 1 saturated heterocycles. The van der Waals surface area contributed by atoms with E-state index in [0.29, 0.717) is 31.8 Å². The molecule has 2 aliphatic rings. The van der Waals surface area contributed by atoms with Crippen molar-refractivity contribution in [1.82, 2.24) is 20.9 Å². The van der Waals surface area contributed by atoms with Crippen LogP contribution in [0.5, 0.6) is 0 Å². The minimum Gasteiger partial charge on any atom is -0.376 e. The standard InChI is InChI=1S/C22H43N5O2.HI/c1-3-13-24-21(28)18-27-15-11-19(12-16-27)26-22(23-4-2)25-14-17-29-20-9-7-5-6-8-10-20;/h19-20H,3-18H2,1-2H3,(H,24,28)(H2,23,25,26);1H. The molecule has 1 heterocycles. The molecule has 0 bridgehead atoms. The molecule has 0 spiro atoms. The van der Waals surface area contributed by atoms with Crippen molar-refractivity contribution in [1.29, 1.82) is 0 Å². The van der Waals surface area contributed by atoms with E-state index in [1.54, 1.807) is 0 Å². The molecule has 3 N–H and O–H groups in total. The number of amides is 1. The van der Waals surface area contributed by atoms with Gasteiger partial charge in [-0.05, 0) is 39.0 Å². The fourth-order valence-electron chi connectivity index (χ4n) is 4.06. The molecule has 0 aromatic carbocycles. The lowest BCUT2D eigenvalue weighted by Gasteiger charge is -2.32. The Balaban J connectivity index is 0.00000450. The van der Waals surface area contributed by atoms with Crippen LogP contribution >= 0.6 is 24.0 Å². The van der Waals surface area contributed by atoms with Crippen LogP contribution in [0.4, 0.5) is 0 Å². The third-order valence-corrected chi connectivity index (χ3v) is 5.73.